The smallest absolute Gasteiger partial charge is 0.410 e. The Kier molecular flexibility index (Phi) is 4.14. The SMILES string of the molecule is CC(C)(C)OC(=O)N1CC2(C)CN(c3ccc(Br)cc3)CC2(C)C1. The normalized spacial score (nSPS) is 29.8. The van der Waals surface area contributed by atoms with Gasteiger partial charge in [-0.1, -0.05) is 29.8 Å². The summed E-state index contributed by atoms with van der Waals surface area (Å²) < 4.78 is 6.67. The number of fused-ring (bicyclic) bond motifs is 1. The molecule has 0 aliphatic carbocycles. The van der Waals surface area contributed by atoms with Crippen LogP contribution in [0.3, 0.4) is 0 Å². The maximum absolute atomic E-state index is 12.5. The van der Waals surface area contributed by atoms with Crippen LogP contribution < -0.4 is 4.90 Å². The fourth-order valence-corrected chi connectivity index (χ4v) is 4.21. The molecule has 0 radical (unpaired) electrons. The summed E-state index contributed by atoms with van der Waals surface area (Å²) in [5.41, 5.74) is 0.965. The molecular weight excluding hydrogens is 368 g/mol. The number of hydrogen-bond donors (Lipinski definition) is 0. The molecule has 2 aliphatic heterocycles. The largest absolute Gasteiger partial charge is 0.444 e. The molecule has 0 saturated carbocycles. The summed E-state index contributed by atoms with van der Waals surface area (Å²) in [6.45, 7) is 13.8. The molecule has 0 bridgehead atoms. The number of carbonyl (C=O) groups is 1. The van der Waals surface area contributed by atoms with E-state index in [1.54, 1.807) is 0 Å². The molecular formula is C19H27BrN2O2. The van der Waals surface area contributed by atoms with E-state index in [4.69, 9.17) is 4.74 Å². The van der Waals surface area contributed by atoms with Gasteiger partial charge in [0.15, 0.2) is 0 Å². The zero-order chi connectivity index (χ0) is 17.8. The number of amides is 1. The minimum Gasteiger partial charge on any atom is -0.444 e. The molecule has 1 aromatic rings. The zero-order valence-corrected chi connectivity index (χ0v) is 16.8. The number of rotatable bonds is 1. The third-order valence-electron chi connectivity index (χ3n) is 5.46. The molecule has 2 fully saturated rings. The van der Waals surface area contributed by atoms with Crippen molar-refractivity contribution >= 4 is 27.7 Å². The molecule has 2 aliphatic rings. The van der Waals surface area contributed by atoms with Crippen LogP contribution in [-0.2, 0) is 4.74 Å². The molecule has 2 atom stereocenters. The summed E-state index contributed by atoms with van der Waals surface area (Å²) >= 11 is 3.49. The van der Waals surface area contributed by atoms with Crippen LogP contribution in [0, 0.1) is 10.8 Å². The van der Waals surface area contributed by atoms with Gasteiger partial charge >= 0.3 is 6.09 Å². The molecule has 2 unspecified atom stereocenters. The first-order valence-electron chi connectivity index (χ1n) is 8.50. The van der Waals surface area contributed by atoms with E-state index in [9.17, 15) is 4.79 Å². The maximum atomic E-state index is 12.5. The van der Waals surface area contributed by atoms with Crippen LogP contribution in [0.25, 0.3) is 0 Å². The van der Waals surface area contributed by atoms with Gasteiger partial charge in [0, 0.05) is 47.2 Å². The number of halogens is 1. The third-order valence-corrected chi connectivity index (χ3v) is 5.99. The van der Waals surface area contributed by atoms with Gasteiger partial charge in [0.1, 0.15) is 5.60 Å². The van der Waals surface area contributed by atoms with E-state index < -0.39 is 5.60 Å². The van der Waals surface area contributed by atoms with Crippen LogP contribution in [-0.4, -0.2) is 42.8 Å². The van der Waals surface area contributed by atoms with E-state index in [-0.39, 0.29) is 16.9 Å². The van der Waals surface area contributed by atoms with Crippen LogP contribution in [0.15, 0.2) is 28.7 Å². The lowest BCUT2D eigenvalue weighted by Crippen LogP contribution is -2.39. The topological polar surface area (TPSA) is 32.8 Å². The quantitative estimate of drug-likeness (QED) is 0.700. The molecule has 24 heavy (non-hydrogen) atoms. The van der Waals surface area contributed by atoms with Crippen molar-refractivity contribution in [3.05, 3.63) is 28.7 Å². The van der Waals surface area contributed by atoms with Crippen molar-refractivity contribution in [1.29, 1.82) is 0 Å². The first-order valence-corrected chi connectivity index (χ1v) is 9.29. The van der Waals surface area contributed by atoms with Crippen molar-refractivity contribution in [2.24, 2.45) is 10.8 Å². The van der Waals surface area contributed by atoms with Crippen LogP contribution >= 0.6 is 15.9 Å². The van der Waals surface area contributed by atoms with Crippen molar-refractivity contribution in [2.75, 3.05) is 31.1 Å². The highest BCUT2D eigenvalue weighted by Gasteiger charge is 2.59. The molecule has 0 spiro atoms. The second-order valence-electron chi connectivity index (χ2n) is 8.79. The third kappa shape index (κ3) is 3.15. The van der Waals surface area contributed by atoms with E-state index in [0.29, 0.717) is 0 Å². The predicted molar refractivity (Wildman–Crippen MR) is 100 cm³/mol. The first-order chi connectivity index (χ1) is 11.0. The monoisotopic (exact) mass is 394 g/mol. The Morgan fingerprint density at radius 3 is 2.00 bits per heavy atom. The van der Waals surface area contributed by atoms with Crippen molar-refractivity contribution in [3.8, 4) is 0 Å². The van der Waals surface area contributed by atoms with E-state index in [0.717, 1.165) is 30.7 Å². The average Bonchev–Trinajstić information content (AvgIpc) is 2.83. The van der Waals surface area contributed by atoms with Gasteiger partial charge in [-0.15, -0.1) is 0 Å². The summed E-state index contributed by atoms with van der Waals surface area (Å²) in [6.07, 6.45) is -0.186. The highest BCUT2D eigenvalue weighted by atomic mass is 79.9. The number of benzene rings is 1. The van der Waals surface area contributed by atoms with Gasteiger partial charge in [-0.05, 0) is 45.0 Å². The average molecular weight is 395 g/mol. The zero-order valence-electron chi connectivity index (χ0n) is 15.2. The second kappa shape index (κ2) is 5.65. The van der Waals surface area contributed by atoms with Crippen LogP contribution in [0.4, 0.5) is 10.5 Å². The number of ether oxygens (including phenoxy) is 1. The maximum Gasteiger partial charge on any atom is 0.410 e. The van der Waals surface area contributed by atoms with Crippen molar-refractivity contribution < 1.29 is 9.53 Å². The molecule has 0 N–H and O–H groups in total. The molecule has 1 amide bonds. The number of hydrogen-bond acceptors (Lipinski definition) is 3. The van der Waals surface area contributed by atoms with E-state index >= 15 is 0 Å². The Balaban J connectivity index is 1.74. The van der Waals surface area contributed by atoms with Crippen molar-refractivity contribution in [3.63, 3.8) is 0 Å². The number of likely N-dealkylation sites (tertiary alicyclic amines) is 1. The summed E-state index contributed by atoms with van der Waals surface area (Å²) in [5, 5.41) is 0. The summed E-state index contributed by atoms with van der Waals surface area (Å²) in [7, 11) is 0. The summed E-state index contributed by atoms with van der Waals surface area (Å²) in [5.74, 6) is 0. The lowest BCUT2D eigenvalue weighted by atomic mass is 9.71. The summed E-state index contributed by atoms with van der Waals surface area (Å²) in [4.78, 5) is 16.8. The van der Waals surface area contributed by atoms with Gasteiger partial charge in [0.2, 0.25) is 0 Å². The van der Waals surface area contributed by atoms with Gasteiger partial charge in [-0.25, -0.2) is 4.79 Å². The highest BCUT2D eigenvalue weighted by Crippen LogP contribution is 2.52. The fourth-order valence-electron chi connectivity index (χ4n) is 3.95. The lowest BCUT2D eigenvalue weighted by molar-refractivity contribution is 0.0269. The molecule has 3 rings (SSSR count). The Hall–Kier alpha value is -1.23. The Labute approximate surface area is 153 Å². The minimum absolute atomic E-state index is 0.0803. The number of carbonyl (C=O) groups excluding carboxylic acids is 1. The van der Waals surface area contributed by atoms with Gasteiger partial charge in [0.25, 0.3) is 0 Å². The standard InChI is InChI=1S/C19H27BrN2O2/c1-17(2,3)24-16(23)22-12-18(4)10-21(11-19(18,5)13-22)15-8-6-14(20)7-9-15/h6-9H,10-13H2,1-5H3. The van der Waals surface area contributed by atoms with Gasteiger partial charge in [-0.3, -0.25) is 0 Å². The molecule has 2 saturated heterocycles. The van der Waals surface area contributed by atoms with E-state index in [1.807, 2.05) is 25.7 Å². The Morgan fingerprint density at radius 1 is 1.04 bits per heavy atom. The molecule has 5 heteroatoms. The fraction of sp³-hybridized carbons (Fsp3) is 0.632. The second-order valence-corrected chi connectivity index (χ2v) is 9.71. The molecule has 2 heterocycles. The van der Waals surface area contributed by atoms with Crippen molar-refractivity contribution in [1.82, 2.24) is 4.90 Å². The molecule has 4 nitrogen and oxygen atoms in total. The molecule has 0 aromatic heterocycles. The minimum atomic E-state index is -0.444. The lowest BCUT2D eigenvalue weighted by Gasteiger charge is -2.29. The van der Waals surface area contributed by atoms with Crippen LogP contribution in [0.2, 0.25) is 0 Å². The Bertz CT molecular complexity index is 620. The molecule has 132 valence electrons. The Morgan fingerprint density at radius 2 is 1.54 bits per heavy atom. The van der Waals surface area contributed by atoms with Gasteiger partial charge in [0.05, 0.1) is 0 Å². The van der Waals surface area contributed by atoms with E-state index in [1.165, 1.54) is 5.69 Å². The summed E-state index contributed by atoms with van der Waals surface area (Å²) in [6, 6.07) is 8.48. The predicted octanol–water partition coefficient (Wildman–Crippen LogP) is 4.53. The van der Waals surface area contributed by atoms with E-state index in [2.05, 4.69) is 58.9 Å². The number of anilines is 1. The number of nitrogens with zero attached hydrogens (tertiary/aromatic N) is 2. The van der Waals surface area contributed by atoms with Gasteiger partial charge < -0.3 is 14.5 Å². The highest BCUT2D eigenvalue weighted by molar-refractivity contribution is 9.10. The van der Waals surface area contributed by atoms with Crippen LogP contribution in [0.5, 0.6) is 0 Å². The van der Waals surface area contributed by atoms with Crippen LogP contribution in [0.1, 0.15) is 34.6 Å². The van der Waals surface area contributed by atoms with Crippen molar-refractivity contribution in [2.45, 2.75) is 40.2 Å². The first kappa shape index (κ1) is 17.6. The van der Waals surface area contributed by atoms with Gasteiger partial charge in [-0.2, -0.15) is 0 Å². The molecule has 1 aromatic carbocycles.